The quantitative estimate of drug-likeness (QED) is 0.737. The van der Waals surface area contributed by atoms with E-state index < -0.39 is 0 Å². The maximum atomic E-state index is 12.1. The maximum Gasteiger partial charge on any atom is 0.251 e. The predicted octanol–water partition coefficient (Wildman–Crippen LogP) is 4.90. The Morgan fingerprint density at radius 3 is 2.41 bits per heavy atom. The van der Waals surface area contributed by atoms with E-state index >= 15 is 0 Å². The number of hydrogen-bond donors (Lipinski definition) is 1. The lowest BCUT2D eigenvalue weighted by atomic mass is 10.1. The minimum absolute atomic E-state index is 0.0169. The van der Waals surface area contributed by atoms with Crippen LogP contribution in [0.4, 0.5) is 0 Å². The van der Waals surface area contributed by atoms with Crippen LogP contribution in [0.25, 0.3) is 0 Å². The number of amides is 1. The molecule has 0 aromatic heterocycles. The molecule has 0 aliphatic carbocycles. The lowest BCUT2D eigenvalue weighted by Crippen LogP contribution is -2.32. The fourth-order valence-electron chi connectivity index (χ4n) is 2.25. The number of carbonyl (C=O) groups is 1. The summed E-state index contributed by atoms with van der Waals surface area (Å²) < 4.78 is 0. The summed E-state index contributed by atoms with van der Waals surface area (Å²) in [5.41, 5.74) is 1.96. The molecule has 0 aliphatic heterocycles. The van der Waals surface area contributed by atoms with Crippen molar-refractivity contribution in [2.24, 2.45) is 0 Å². The van der Waals surface area contributed by atoms with Crippen molar-refractivity contribution >= 4 is 17.7 Å². The van der Waals surface area contributed by atoms with Gasteiger partial charge in [0.25, 0.3) is 5.91 Å². The molecule has 0 aliphatic rings. The van der Waals surface area contributed by atoms with Gasteiger partial charge in [-0.15, -0.1) is 11.8 Å². The smallest absolute Gasteiger partial charge is 0.251 e. The fourth-order valence-corrected chi connectivity index (χ4v) is 3.12. The summed E-state index contributed by atoms with van der Waals surface area (Å²) >= 11 is 1.80. The molecule has 1 amide bonds. The maximum absolute atomic E-state index is 12.1. The average molecular weight is 313 g/mol. The Bertz CT molecular complexity index is 580. The Morgan fingerprint density at radius 2 is 1.77 bits per heavy atom. The minimum atomic E-state index is 0.0169. The Kier molecular flexibility index (Phi) is 6.53. The zero-order chi connectivity index (χ0) is 15.8. The van der Waals surface area contributed by atoms with E-state index in [1.165, 1.54) is 10.5 Å². The van der Waals surface area contributed by atoms with Gasteiger partial charge in [0.15, 0.2) is 0 Å². The standard InChI is InChI=1S/C19H23NOS/c1-3-7-15(2)20-19(21)17-12-10-16(11-13-17)14-22-18-8-5-4-6-9-18/h4-6,8-13,15H,3,7,14H2,1-2H3,(H,20,21)/t15-/m1/s1. The van der Waals surface area contributed by atoms with Crippen LogP contribution in [0.15, 0.2) is 59.5 Å². The largest absolute Gasteiger partial charge is 0.350 e. The van der Waals surface area contributed by atoms with Gasteiger partial charge in [0.1, 0.15) is 0 Å². The van der Waals surface area contributed by atoms with Crippen LogP contribution >= 0.6 is 11.8 Å². The highest BCUT2D eigenvalue weighted by atomic mass is 32.2. The van der Waals surface area contributed by atoms with Crippen molar-refractivity contribution in [3.05, 3.63) is 65.7 Å². The summed E-state index contributed by atoms with van der Waals surface area (Å²) in [5, 5.41) is 3.03. The van der Waals surface area contributed by atoms with Crippen LogP contribution in [-0.4, -0.2) is 11.9 Å². The molecule has 2 rings (SSSR count). The van der Waals surface area contributed by atoms with Crippen LogP contribution in [0.3, 0.4) is 0 Å². The highest BCUT2D eigenvalue weighted by Gasteiger charge is 2.08. The number of hydrogen-bond acceptors (Lipinski definition) is 2. The molecular formula is C19H23NOS. The van der Waals surface area contributed by atoms with E-state index in [2.05, 4.69) is 24.4 Å². The summed E-state index contributed by atoms with van der Waals surface area (Å²) in [6.07, 6.45) is 2.09. The average Bonchev–Trinajstić information content (AvgIpc) is 2.54. The Hall–Kier alpha value is -1.74. The van der Waals surface area contributed by atoms with E-state index in [0.29, 0.717) is 0 Å². The molecule has 0 bridgehead atoms. The van der Waals surface area contributed by atoms with Crippen LogP contribution in [0.5, 0.6) is 0 Å². The second-order valence-electron chi connectivity index (χ2n) is 5.46. The van der Waals surface area contributed by atoms with Crippen LogP contribution in [0.2, 0.25) is 0 Å². The van der Waals surface area contributed by atoms with Gasteiger partial charge < -0.3 is 5.32 Å². The van der Waals surface area contributed by atoms with Gasteiger partial charge in [-0.1, -0.05) is 43.7 Å². The third kappa shape index (κ3) is 5.23. The van der Waals surface area contributed by atoms with E-state index in [-0.39, 0.29) is 11.9 Å². The topological polar surface area (TPSA) is 29.1 Å². The molecule has 0 saturated carbocycles. The highest BCUT2D eigenvalue weighted by Crippen LogP contribution is 2.22. The lowest BCUT2D eigenvalue weighted by molar-refractivity contribution is 0.0938. The van der Waals surface area contributed by atoms with Crippen molar-refractivity contribution < 1.29 is 4.79 Å². The van der Waals surface area contributed by atoms with Crippen molar-refractivity contribution in [3.63, 3.8) is 0 Å². The summed E-state index contributed by atoms with van der Waals surface area (Å²) in [4.78, 5) is 13.4. The molecule has 2 nitrogen and oxygen atoms in total. The van der Waals surface area contributed by atoms with Gasteiger partial charge in [0.2, 0.25) is 0 Å². The van der Waals surface area contributed by atoms with Gasteiger partial charge in [-0.2, -0.15) is 0 Å². The van der Waals surface area contributed by atoms with Crippen molar-refractivity contribution in [1.82, 2.24) is 5.32 Å². The molecule has 1 atom stereocenters. The van der Waals surface area contributed by atoms with Gasteiger partial charge in [-0.3, -0.25) is 4.79 Å². The second-order valence-corrected chi connectivity index (χ2v) is 6.51. The van der Waals surface area contributed by atoms with Crippen LogP contribution < -0.4 is 5.32 Å². The first-order valence-electron chi connectivity index (χ1n) is 7.76. The third-order valence-electron chi connectivity index (χ3n) is 3.46. The SMILES string of the molecule is CCC[C@@H](C)NC(=O)c1ccc(CSc2ccccc2)cc1. The van der Waals surface area contributed by atoms with E-state index in [1.54, 1.807) is 11.8 Å². The third-order valence-corrected chi connectivity index (χ3v) is 4.55. The second kappa shape index (κ2) is 8.64. The molecule has 0 heterocycles. The van der Waals surface area contributed by atoms with Gasteiger partial charge in [-0.05, 0) is 43.2 Å². The number of nitrogens with one attached hydrogen (secondary N) is 1. The molecule has 0 unspecified atom stereocenters. The molecule has 116 valence electrons. The van der Waals surface area contributed by atoms with E-state index in [1.807, 2.05) is 49.4 Å². The highest BCUT2D eigenvalue weighted by molar-refractivity contribution is 7.98. The minimum Gasteiger partial charge on any atom is -0.350 e. The lowest BCUT2D eigenvalue weighted by Gasteiger charge is -2.12. The fraction of sp³-hybridized carbons (Fsp3) is 0.316. The van der Waals surface area contributed by atoms with Crippen molar-refractivity contribution in [2.75, 3.05) is 0 Å². The molecular weight excluding hydrogens is 290 g/mol. The number of benzene rings is 2. The first-order valence-corrected chi connectivity index (χ1v) is 8.75. The van der Waals surface area contributed by atoms with Crippen molar-refractivity contribution in [2.45, 2.75) is 43.4 Å². The monoisotopic (exact) mass is 313 g/mol. The zero-order valence-electron chi connectivity index (χ0n) is 13.2. The molecule has 2 aromatic carbocycles. The zero-order valence-corrected chi connectivity index (χ0v) is 14.0. The Labute approximate surface area is 137 Å². The molecule has 3 heteroatoms. The summed E-state index contributed by atoms with van der Waals surface area (Å²) in [6.45, 7) is 4.17. The summed E-state index contributed by atoms with van der Waals surface area (Å²) in [6, 6.07) is 18.5. The molecule has 0 spiro atoms. The molecule has 1 N–H and O–H groups in total. The Balaban J connectivity index is 1.88. The van der Waals surface area contributed by atoms with E-state index in [4.69, 9.17) is 0 Å². The molecule has 0 saturated heterocycles. The number of carbonyl (C=O) groups excluding carboxylic acids is 1. The van der Waals surface area contributed by atoms with Gasteiger partial charge >= 0.3 is 0 Å². The first kappa shape index (κ1) is 16.6. The van der Waals surface area contributed by atoms with Crippen molar-refractivity contribution in [3.8, 4) is 0 Å². The summed E-state index contributed by atoms with van der Waals surface area (Å²) in [7, 11) is 0. The van der Waals surface area contributed by atoms with Crippen LogP contribution in [-0.2, 0) is 5.75 Å². The van der Waals surface area contributed by atoms with E-state index in [9.17, 15) is 4.79 Å². The Morgan fingerprint density at radius 1 is 1.09 bits per heavy atom. The predicted molar refractivity (Wildman–Crippen MR) is 94.3 cm³/mol. The van der Waals surface area contributed by atoms with Crippen molar-refractivity contribution in [1.29, 1.82) is 0 Å². The van der Waals surface area contributed by atoms with Gasteiger partial charge in [0, 0.05) is 22.3 Å². The van der Waals surface area contributed by atoms with Gasteiger partial charge in [0.05, 0.1) is 0 Å². The number of thioether (sulfide) groups is 1. The first-order chi connectivity index (χ1) is 10.7. The van der Waals surface area contributed by atoms with Crippen LogP contribution in [0.1, 0.15) is 42.6 Å². The van der Waals surface area contributed by atoms with Gasteiger partial charge in [-0.25, -0.2) is 0 Å². The molecule has 2 aromatic rings. The molecule has 22 heavy (non-hydrogen) atoms. The number of rotatable bonds is 7. The molecule has 0 fully saturated rings. The molecule has 0 radical (unpaired) electrons. The normalized spacial score (nSPS) is 11.9. The van der Waals surface area contributed by atoms with Crippen LogP contribution in [0, 0.1) is 0 Å². The summed E-state index contributed by atoms with van der Waals surface area (Å²) in [5.74, 6) is 0.932. The van der Waals surface area contributed by atoms with E-state index in [0.717, 1.165) is 24.2 Å².